The number of carboxylic acid groups (broad SMARTS) is 1. The van der Waals surface area contributed by atoms with E-state index < -0.39 is 29.4 Å². The van der Waals surface area contributed by atoms with Crippen LogP contribution in [0.1, 0.15) is 41.4 Å². The number of aromatic nitrogens is 1. The maximum atomic E-state index is 14.5. The molecular formula is C22H21F2NO4. The van der Waals surface area contributed by atoms with Crippen molar-refractivity contribution in [3.8, 4) is 5.75 Å². The number of rotatable bonds is 5. The maximum Gasteiger partial charge on any atom is 0.311 e. The number of carbonyl (C=O) groups is 2. The maximum absolute atomic E-state index is 14.5. The average Bonchev–Trinajstić information content (AvgIpc) is 2.92. The van der Waals surface area contributed by atoms with Crippen LogP contribution >= 0.6 is 0 Å². The van der Waals surface area contributed by atoms with Crippen molar-refractivity contribution in [3.05, 3.63) is 64.9 Å². The highest BCUT2D eigenvalue weighted by Gasteiger charge is 2.32. The Morgan fingerprint density at radius 1 is 1.10 bits per heavy atom. The summed E-state index contributed by atoms with van der Waals surface area (Å²) in [6, 6.07) is 7.56. The van der Waals surface area contributed by atoms with Gasteiger partial charge in [0.1, 0.15) is 5.82 Å². The second-order valence-electron chi connectivity index (χ2n) is 7.21. The van der Waals surface area contributed by atoms with E-state index in [9.17, 15) is 23.5 Å². The van der Waals surface area contributed by atoms with E-state index in [1.165, 1.54) is 29.9 Å². The first-order chi connectivity index (χ1) is 13.7. The van der Waals surface area contributed by atoms with Crippen LogP contribution in [0.4, 0.5) is 8.78 Å². The Hall–Kier alpha value is -3.22. The van der Waals surface area contributed by atoms with Gasteiger partial charge in [-0.1, -0.05) is 13.8 Å². The molecule has 7 heteroatoms. The molecule has 0 bridgehead atoms. The van der Waals surface area contributed by atoms with Crippen molar-refractivity contribution >= 4 is 22.8 Å². The normalized spacial score (nSPS) is 12.4. The Morgan fingerprint density at radius 3 is 2.24 bits per heavy atom. The lowest BCUT2D eigenvalue weighted by molar-refractivity contribution is -0.139. The first kappa shape index (κ1) is 20.5. The number of ether oxygens (including phenoxy) is 1. The predicted molar refractivity (Wildman–Crippen MR) is 105 cm³/mol. The van der Waals surface area contributed by atoms with Gasteiger partial charge in [-0.2, -0.15) is 0 Å². The number of benzene rings is 2. The van der Waals surface area contributed by atoms with Crippen LogP contribution in [0.3, 0.4) is 0 Å². The van der Waals surface area contributed by atoms with Gasteiger partial charge in [0.15, 0.2) is 11.6 Å². The standard InChI is InChI=1S/C22H21F2NO4/c1-11(2)19(22(27)28)20-12(3)25(21(26)13-5-7-14(23)8-6-13)17-10-16(24)18(29-4)9-15(17)20/h5-11,19H,1-4H3,(H,27,28). The van der Waals surface area contributed by atoms with Crippen molar-refractivity contribution < 1.29 is 28.2 Å². The number of hydrogen-bond donors (Lipinski definition) is 1. The number of aliphatic carboxylic acids is 1. The van der Waals surface area contributed by atoms with E-state index in [0.29, 0.717) is 16.6 Å². The van der Waals surface area contributed by atoms with E-state index in [1.807, 2.05) is 0 Å². The molecule has 1 N–H and O–H groups in total. The Morgan fingerprint density at radius 2 is 1.72 bits per heavy atom. The lowest BCUT2D eigenvalue weighted by atomic mass is 9.86. The summed E-state index contributed by atoms with van der Waals surface area (Å²) in [4.78, 5) is 25.2. The van der Waals surface area contributed by atoms with Gasteiger partial charge in [0.2, 0.25) is 0 Å². The van der Waals surface area contributed by atoms with Crippen LogP contribution in [0.5, 0.6) is 5.75 Å². The molecule has 3 aromatic rings. The Bertz CT molecular complexity index is 1100. The van der Waals surface area contributed by atoms with Gasteiger partial charge in [-0.3, -0.25) is 14.2 Å². The van der Waals surface area contributed by atoms with Gasteiger partial charge in [0.05, 0.1) is 18.5 Å². The van der Waals surface area contributed by atoms with Crippen molar-refractivity contribution in [2.45, 2.75) is 26.7 Å². The second kappa shape index (κ2) is 7.66. The fourth-order valence-corrected chi connectivity index (χ4v) is 3.71. The SMILES string of the molecule is COc1cc2c(C(C(=O)O)C(C)C)c(C)n(C(=O)c3ccc(F)cc3)c2cc1F. The number of carboxylic acids is 1. The molecule has 29 heavy (non-hydrogen) atoms. The van der Waals surface area contributed by atoms with E-state index in [1.54, 1.807) is 20.8 Å². The van der Waals surface area contributed by atoms with Crippen LogP contribution in [0.15, 0.2) is 36.4 Å². The summed E-state index contributed by atoms with van der Waals surface area (Å²) < 4.78 is 34.1. The predicted octanol–water partition coefficient (Wildman–Crippen LogP) is 4.75. The van der Waals surface area contributed by atoms with Crippen LogP contribution in [0, 0.1) is 24.5 Å². The first-order valence-corrected chi connectivity index (χ1v) is 9.08. The lowest BCUT2D eigenvalue weighted by Crippen LogP contribution is -2.19. The Kier molecular flexibility index (Phi) is 5.42. The molecule has 5 nitrogen and oxygen atoms in total. The molecule has 0 aliphatic carbocycles. The number of methoxy groups -OCH3 is 1. The third kappa shape index (κ3) is 3.48. The van der Waals surface area contributed by atoms with E-state index in [0.717, 1.165) is 18.2 Å². The number of hydrogen-bond acceptors (Lipinski definition) is 3. The fourth-order valence-electron chi connectivity index (χ4n) is 3.71. The van der Waals surface area contributed by atoms with E-state index in [2.05, 4.69) is 0 Å². The largest absolute Gasteiger partial charge is 0.494 e. The van der Waals surface area contributed by atoms with Crippen LogP contribution in [0.2, 0.25) is 0 Å². The zero-order chi connectivity index (χ0) is 21.5. The number of nitrogens with zero attached hydrogens (tertiary/aromatic N) is 1. The van der Waals surface area contributed by atoms with Gasteiger partial charge in [0, 0.05) is 22.7 Å². The third-order valence-electron chi connectivity index (χ3n) is 5.06. The summed E-state index contributed by atoms with van der Waals surface area (Å²) in [6.07, 6.45) is 0. The molecule has 0 aliphatic rings. The molecule has 0 saturated carbocycles. The molecule has 0 saturated heterocycles. The van der Waals surface area contributed by atoms with E-state index in [4.69, 9.17) is 4.74 Å². The molecule has 1 aromatic heterocycles. The van der Waals surface area contributed by atoms with Crippen molar-refractivity contribution in [2.75, 3.05) is 7.11 Å². The zero-order valence-corrected chi connectivity index (χ0v) is 16.5. The van der Waals surface area contributed by atoms with Crippen molar-refractivity contribution in [2.24, 2.45) is 5.92 Å². The molecule has 0 spiro atoms. The summed E-state index contributed by atoms with van der Waals surface area (Å²) in [7, 11) is 1.31. The van der Waals surface area contributed by atoms with Crippen LogP contribution in [-0.4, -0.2) is 28.7 Å². The number of halogens is 2. The van der Waals surface area contributed by atoms with Crippen LogP contribution < -0.4 is 4.74 Å². The van der Waals surface area contributed by atoms with Crippen molar-refractivity contribution in [3.63, 3.8) is 0 Å². The molecule has 3 rings (SSSR count). The summed E-state index contributed by atoms with van der Waals surface area (Å²) in [5.41, 5.74) is 1.25. The fraction of sp³-hybridized carbons (Fsp3) is 0.273. The highest BCUT2D eigenvalue weighted by molar-refractivity contribution is 6.05. The molecule has 152 valence electrons. The minimum atomic E-state index is -1.04. The van der Waals surface area contributed by atoms with Crippen LogP contribution in [0.25, 0.3) is 10.9 Å². The molecule has 1 unspecified atom stereocenters. The second-order valence-corrected chi connectivity index (χ2v) is 7.21. The summed E-state index contributed by atoms with van der Waals surface area (Å²) in [6.45, 7) is 5.16. The van der Waals surface area contributed by atoms with Gasteiger partial charge >= 0.3 is 5.97 Å². The first-order valence-electron chi connectivity index (χ1n) is 9.08. The van der Waals surface area contributed by atoms with Crippen molar-refractivity contribution in [1.29, 1.82) is 0 Å². The van der Waals surface area contributed by atoms with Gasteiger partial charge in [-0.15, -0.1) is 0 Å². The Balaban J connectivity index is 2.37. The van der Waals surface area contributed by atoms with Gasteiger partial charge in [0.25, 0.3) is 5.91 Å². The average molecular weight is 401 g/mol. The monoisotopic (exact) mass is 401 g/mol. The summed E-state index contributed by atoms with van der Waals surface area (Å²) in [5.74, 6) is -3.93. The van der Waals surface area contributed by atoms with Crippen LogP contribution in [-0.2, 0) is 4.79 Å². The molecule has 0 amide bonds. The highest BCUT2D eigenvalue weighted by atomic mass is 19.1. The number of fused-ring (bicyclic) bond motifs is 1. The highest BCUT2D eigenvalue weighted by Crippen LogP contribution is 2.39. The topological polar surface area (TPSA) is 68.5 Å². The van der Waals surface area contributed by atoms with Crippen molar-refractivity contribution in [1.82, 2.24) is 4.57 Å². The van der Waals surface area contributed by atoms with Gasteiger partial charge in [-0.25, -0.2) is 8.78 Å². The number of carbonyl (C=O) groups excluding carboxylic acids is 1. The minimum absolute atomic E-state index is 0.0435. The quantitative estimate of drug-likeness (QED) is 0.670. The van der Waals surface area contributed by atoms with E-state index >= 15 is 0 Å². The molecular weight excluding hydrogens is 380 g/mol. The molecule has 2 aromatic carbocycles. The molecule has 0 aliphatic heterocycles. The lowest BCUT2D eigenvalue weighted by Gasteiger charge is -2.17. The zero-order valence-electron chi connectivity index (χ0n) is 16.5. The smallest absolute Gasteiger partial charge is 0.311 e. The molecule has 1 atom stereocenters. The van der Waals surface area contributed by atoms with E-state index in [-0.39, 0.29) is 22.7 Å². The molecule has 1 heterocycles. The van der Waals surface area contributed by atoms with Gasteiger partial charge < -0.3 is 9.84 Å². The molecule has 0 radical (unpaired) electrons. The third-order valence-corrected chi connectivity index (χ3v) is 5.06. The minimum Gasteiger partial charge on any atom is -0.494 e. The summed E-state index contributed by atoms with van der Waals surface area (Å²) >= 11 is 0. The Labute approximate surface area is 166 Å². The molecule has 0 fully saturated rings. The summed E-state index contributed by atoms with van der Waals surface area (Å²) in [5, 5.41) is 10.2. The van der Waals surface area contributed by atoms with Gasteiger partial charge in [-0.05, 0) is 48.7 Å².